The molecule has 1 fully saturated rings. The van der Waals surface area contributed by atoms with Crippen LogP contribution < -0.4 is 4.90 Å². The minimum Gasteiger partial charge on any atom is -0.444 e. The summed E-state index contributed by atoms with van der Waals surface area (Å²) >= 11 is 0. The molecule has 6 heteroatoms. The van der Waals surface area contributed by atoms with Crippen LogP contribution in [0, 0.1) is 5.92 Å². The second kappa shape index (κ2) is 6.28. The van der Waals surface area contributed by atoms with Crippen LogP contribution in [0.5, 0.6) is 0 Å². The standard InChI is InChI=1S/C15H24N4O2/c1-15(2,3)21-14(20)19-9-6-12(11-19)10-18(4)13-16-7-5-8-17-13/h5,7-8,12H,6,9-11H2,1-4H3/t12-/m0/s1. The lowest BCUT2D eigenvalue weighted by Gasteiger charge is -2.25. The van der Waals surface area contributed by atoms with Gasteiger partial charge < -0.3 is 14.5 Å². The second-order valence-corrected chi connectivity index (χ2v) is 6.51. The molecule has 1 aliphatic heterocycles. The first-order chi connectivity index (χ1) is 9.85. The molecule has 0 spiro atoms. The lowest BCUT2D eigenvalue weighted by atomic mass is 10.1. The van der Waals surface area contributed by atoms with E-state index in [0.717, 1.165) is 26.1 Å². The number of hydrogen-bond acceptors (Lipinski definition) is 5. The third-order valence-corrected chi connectivity index (χ3v) is 3.36. The Labute approximate surface area is 126 Å². The summed E-state index contributed by atoms with van der Waals surface area (Å²) in [7, 11) is 1.98. The monoisotopic (exact) mass is 292 g/mol. The summed E-state index contributed by atoms with van der Waals surface area (Å²) in [6, 6.07) is 1.80. The Morgan fingerprint density at radius 3 is 2.71 bits per heavy atom. The zero-order chi connectivity index (χ0) is 15.5. The van der Waals surface area contributed by atoms with Crippen molar-refractivity contribution in [3.8, 4) is 0 Å². The van der Waals surface area contributed by atoms with Gasteiger partial charge in [0.2, 0.25) is 5.95 Å². The molecule has 2 rings (SSSR count). The van der Waals surface area contributed by atoms with E-state index in [0.29, 0.717) is 11.9 Å². The minimum atomic E-state index is -0.441. The maximum absolute atomic E-state index is 12.0. The van der Waals surface area contributed by atoms with Gasteiger partial charge in [-0.1, -0.05) is 0 Å². The Kier molecular flexibility index (Phi) is 4.65. The maximum atomic E-state index is 12.0. The molecule has 0 unspecified atom stereocenters. The number of carbonyl (C=O) groups excluding carboxylic acids is 1. The predicted molar refractivity (Wildman–Crippen MR) is 81.2 cm³/mol. The normalized spacial score (nSPS) is 18.7. The molecule has 0 aliphatic carbocycles. The minimum absolute atomic E-state index is 0.219. The van der Waals surface area contributed by atoms with Gasteiger partial charge in [0.05, 0.1) is 0 Å². The van der Waals surface area contributed by atoms with Crippen molar-refractivity contribution in [1.82, 2.24) is 14.9 Å². The van der Waals surface area contributed by atoms with Crippen molar-refractivity contribution in [3.63, 3.8) is 0 Å². The van der Waals surface area contributed by atoms with Crippen LogP contribution in [0.1, 0.15) is 27.2 Å². The van der Waals surface area contributed by atoms with Crippen LogP contribution in [-0.4, -0.2) is 53.2 Å². The average molecular weight is 292 g/mol. The number of rotatable bonds is 3. The van der Waals surface area contributed by atoms with Gasteiger partial charge in [-0.05, 0) is 39.2 Å². The Bertz CT molecular complexity index is 472. The molecular formula is C15H24N4O2. The maximum Gasteiger partial charge on any atom is 0.410 e. The number of anilines is 1. The highest BCUT2D eigenvalue weighted by atomic mass is 16.6. The van der Waals surface area contributed by atoms with Crippen molar-refractivity contribution in [2.75, 3.05) is 31.6 Å². The molecular weight excluding hydrogens is 268 g/mol. The van der Waals surface area contributed by atoms with Gasteiger partial charge in [-0.3, -0.25) is 0 Å². The number of nitrogens with zero attached hydrogens (tertiary/aromatic N) is 4. The van der Waals surface area contributed by atoms with Crippen LogP contribution in [0.2, 0.25) is 0 Å². The van der Waals surface area contributed by atoms with Crippen molar-refractivity contribution >= 4 is 12.0 Å². The summed E-state index contributed by atoms with van der Waals surface area (Å²) in [5, 5.41) is 0. The van der Waals surface area contributed by atoms with E-state index in [9.17, 15) is 4.79 Å². The van der Waals surface area contributed by atoms with E-state index in [1.54, 1.807) is 23.4 Å². The molecule has 0 saturated carbocycles. The molecule has 6 nitrogen and oxygen atoms in total. The summed E-state index contributed by atoms with van der Waals surface area (Å²) < 4.78 is 5.41. The van der Waals surface area contributed by atoms with Crippen molar-refractivity contribution in [1.29, 1.82) is 0 Å². The van der Waals surface area contributed by atoms with Crippen LogP contribution in [0.3, 0.4) is 0 Å². The van der Waals surface area contributed by atoms with Gasteiger partial charge in [0.1, 0.15) is 5.60 Å². The third-order valence-electron chi connectivity index (χ3n) is 3.36. The first-order valence-electron chi connectivity index (χ1n) is 7.31. The van der Waals surface area contributed by atoms with Gasteiger partial charge in [0, 0.05) is 39.1 Å². The number of likely N-dealkylation sites (tertiary alicyclic amines) is 1. The number of hydrogen-bond donors (Lipinski definition) is 0. The van der Waals surface area contributed by atoms with Crippen molar-refractivity contribution < 1.29 is 9.53 Å². The molecule has 21 heavy (non-hydrogen) atoms. The molecule has 1 aromatic rings. The first-order valence-corrected chi connectivity index (χ1v) is 7.31. The van der Waals surface area contributed by atoms with E-state index in [-0.39, 0.29) is 6.09 Å². The van der Waals surface area contributed by atoms with E-state index in [1.807, 2.05) is 32.7 Å². The third kappa shape index (κ3) is 4.58. The highest BCUT2D eigenvalue weighted by Crippen LogP contribution is 2.21. The van der Waals surface area contributed by atoms with Crippen LogP contribution >= 0.6 is 0 Å². The van der Waals surface area contributed by atoms with Gasteiger partial charge in [0.25, 0.3) is 0 Å². The number of amides is 1. The van der Waals surface area contributed by atoms with Gasteiger partial charge in [-0.15, -0.1) is 0 Å². The van der Waals surface area contributed by atoms with E-state index < -0.39 is 5.60 Å². The van der Waals surface area contributed by atoms with E-state index in [2.05, 4.69) is 9.97 Å². The van der Waals surface area contributed by atoms with Crippen LogP contribution in [0.25, 0.3) is 0 Å². The zero-order valence-corrected chi connectivity index (χ0v) is 13.2. The molecule has 116 valence electrons. The SMILES string of the molecule is CN(C[C@@H]1CCN(C(=O)OC(C)(C)C)C1)c1ncccn1. The van der Waals surface area contributed by atoms with E-state index in [1.165, 1.54) is 0 Å². The lowest BCUT2D eigenvalue weighted by Crippen LogP contribution is -2.36. The van der Waals surface area contributed by atoms with Crippen LogP contribution in [0.15, 0.2) is 18.5 Å². The van der Waals surface area contributed by atoms with Gasteiger partial charge in [0.15, 0.2) is 0 Å². The van der Waals surface area contributed by atoms with Gasteiger partial charge >= 0.3 is 6.09 Å². The lowest BCUT2D eigenvalue weighted by molar-refractivity contribution is 0.0288. The molecule has 1 amide bonds. The Morgan fingerprint density at radius 2 is 2.10 bits per heavy atom. The molecule has 1 saturated heterocycles. The quantitative estimate of drug-likeness (QED) is 0.854. The van der Waals surface area contributed by atoms with Crippen LogP contribution in [0.4, 0.5) is 10.7 Å². The van der Waals surface area contributed by atoms with Gasteiger partial charge in [-0.2, -0.15) is 0 Å². The molecule has 1 aromatic heterocycles. The smallest absolute Gasteiger partial charge is 0.410 e. The molecule has 0 aromatic carbocycles. The van der Waals surface area contributed by atoms with E-state index >= 15 is 0 Å². The Balaban J connectivity index is 1.84. The Morgan fingerprint density at radius 1 is 1.43 bits per heavy atom. The molecule has 0 radical (unpaired) electrons. The summed E-state index contributed by atoms with van der Waals surface area (Å²) in [5.74, 6) is 1.14. The molecule has 0 bridgehead atoms. The van der Waals surface area contributed by atoms with Gasteiger partial charge in [-0.25, -0.2) is 14.8 Å². The first kappa shape index (κ1) is 15.5. The molecule has 1 atom stereocenters. The molecule has 2 heterocycles. The second-order valence-electron chi connectivity index (χ2n) is 6.51. The van der Waals surface area contributed by atoms with Crippen LogP contribution in [-0.2, 0) is 4.74 Å². The fourth-order valence-corrected chi connectivity index (χ4v) is 2.43. The fourth-order valence-electron chi connectivity index (χ4n) is 2.43. The predicted octanol–water partition coefficient (Wildman–Crippen LogP) is 2.17. The Hall–Kier alpha value is -1.85. The van der Waals surface area contributed by atoms with Crippen molar-refractivity contribution in [3.05, 3.63) is 18.5 Å². The summed E-state index contributed by atoms with van der Waals surface area (Å²) in [4.78, 5) is 24.3. The topological polar surface area (TPSA) is 58.6 Å². The number of carbonyl (C=O) groups is 1. The molecule has 0 N–H and O–H groups in total. The van der Waals surface area contributed by atoms with E-state index in [4.69, 9.17) is 4.74 Å². The molecule has 1 aliphatic rings. The summed E-state index contributed by atoms with van der Waals surface area (Å²) in [6.07, 6.45) is 4.24. The summed E-state index contributed by atoms with van der Waals surface area (Å²) in [6.45, 7) is 7.98. The van der Waals surface area contributed by atoms with Crippen molar-refractivity contribution in [2.24, 2.45) is 5.92 Å². The average Bonchev–Trinajstić information content (AvgIpc) is 2.86. The zero-order valence-electron chi connectivity index (χ0n) is 13.2. The van der Waals surface area contributed by atoms with Crippen molar-refractivity contribution in [2.45, 2.75) is 32.8 Å². The highest BCUT2D eigenvalue weighted by molar-refractivity contribution is 5.68. The number of ether oxygens (including phenoxy) is 1. The fraction of sp³-hybridized carbons (Fsp3) is 0.667. The largest absolute Gasteiger partial charge is 0.444 e. The highest BCUT2D eigenvalue weighted by Gasteiger charge is 2.30. The number of aromatic nitrogens is 2. The summed E-state index contributed by atoms with van der Waals surface area (Å²) in [5.41, 5.74) is -0.441.